The van der Waals surface area contributed by atoms with Crippen molar-refractivity contribution in [1.82, 2.24) is 20.2 Å². The van der Waals surface area contributed by atoms with E-state index in [4.69, 9.17) is 0 Å². The molecule has 1 fully saturated rings. The molecule has 1 saturated heterocycles. The average molecular weight is 293 g/mol. The highest BCUT2D eigenvalue weighted by molar-refractivity contribution is 7.91. The lowest BCUT2D eigenvalue weighted by Crippen LogP contribution is -2.20. The van der Waals surface area contributed by atoms with Crippen molar-refractivity contribution in [1.29, 1.82) is 0 Å². The van der Waals surface area contributed by atoms with Crippen LogP contribution in [0.15, 0.2) is 24.5 Å². The molecule has 0 spiro atoms. The molecule has 0 bridgehead atoms. The molecule has 0 saturated carbocycles. The highest BCUT2D eigenvalue weighted by atomic mass is 32.2. The number of hydrogen-bond acceptors (Lipinski definition) is 6. The van der Waals surface area contributed by atoms with Crippen molar-refractivity contribution < 1.29 is 8.42 Å². The Labute approximate surface area is 116 Å². The standard InChI is InChI=1S/C12H15N5O2S/c1-9-6-10(14-11-4-5-20(18,19)7-11)2-3-12(9)17-8-13-15-16-17/h2-3,6,8,11,14H,4-5,7H2,1H3. The van der Waals surface area contributed by atoms with E-state index in [1.165, 1.54) is 0 Å². The monoisotopic (exact) mass is 293 g/mol. The number of nitrogens with one attached hydrogen (secondary N) is 1. The summed E-state index contributed by atoms with van der Waals surface area (Å²) in [6.45, 7) is 1.97. The second-order valence-electron chi connectivity index (χ2n) is 5.00. The van der Waals surface area contributed by atoms with Crippen molar-refractivity contribution in [2.24, 2.45) is 0 Å². The Bertz CT molecular complexity index is 711. The van der Waals surface area contributed by atoms with Gasteiger partial charge in [0.1, 0.15) is 6.33 Å². The van der Waals surface area contributed by atoms with Gasteiger partial charge in [-0.15, -0.1) is 5.10 Å². The van der Waals surface area contributed by atoms with Crippen molar-refractivity contribution in [2.75, 3.05) is 16.8 Å². The van der Waals surface area contributed by atoms with E-state index in [0.717, 1.165) is 16.9 Å². The zero-order chi connectivity index (χ0) is 14.2. The van der Waals surface area contributed by atoms with Crippen LogP contribution in [0.2, 0.25) is 0 Å². The zero-order valence-electron chi connectivity index (χ0n) is 11.0. The van der Waals surface area contributed by atoms with Crippen molar-refractivity contribution in [3.8, 4) is 5.69 Å². The largest absolute Gasteiger partial charge is 0.381 e. The summed E-state index contributed by atoms with van der Waals surface area (Å²) in [6.07, 6.45) is 2.20. The van der Waals surface area contributed by atoms with Crippen LogP contribution < -0.4 is 5.32 Å². The van der Waals surface area contributed by atoms with Gasteiger partial charge in [-0.25, -0.2) is 13.1 Å². The topological polar surface area (TPSA) is 89.8 Å². The van der Waals surface area contributed by atoms with E-state index >= 15 is 0 Å². The fraction of sp³-hybridized carbons (Fsp3) is 0.417. The lowest BCUT2D eigenvalue weighted by molar-refractivity contribution is 0.602. The minimum atomic E-state index is -2.86. The first-order valence-corrected chi connectivity index (χ1v) is 8.17. The number of aryl methyl sites for hydroxylation is 1. The van der Waals surface area contributed by atoms with Gasteiger partial charge < -0.3 is 5.32 Å². The highest BCUT2D eigenvalue weighted by Gasteiger charge is 2.27. The first kappa shape index (κ1) is 13.0. The van der Waals surface area contributed by atoms with Crippen LogP contribution >= 0.6 is 0 Å². The first-order valence-electron chi connectivity index (χ1n) is 6.34. The molecule has 1 aliphatic heterocycles. The molecule has 2 aromatic rings. The second-order valence-corrected chi connectivity index (χ2v) is 7.23. The number of sulfone groups is 1. The zero-order valence-corrected chi connectivity index (χ0v) is 11.8. The third-order valence-corrected chi connectivity index (χ3v) is 5.16. The van der Waals surface area contributed by atoms with Gasteiger partial charge in [0.25, 0.3) is 0 Å². The summed E-state index contributed by atoms with van der Waals surface area (Å²) in [5.74, 6) is 0.479. The average Bonchev–Trinajstić information content (AvgIpc) is 2.99. The molecule has 1 unspecified atom stereocenters. The molecular formula is C12H15N5O2S. The van der Waals surface area contributed by atoms with E-state index in [1.807, 2.05) is 25.1 Å². The lowest BCUT2D eigenvalue weighted by atomic mass is 10.1. The van der Waals surface area contributed by atoms with Crippen molar-refractivity contribution in [3.63, 3.8) is 0 Å². The van der Waals surface area contributed by atoms with Gasteiger partial charge in [0.15, 0.2) is 9.84 Å². The Morgan fingerprint density at radius 3 is 2.85 bits per heavy atom. The van der Waals surface area contributed by atoms with Gasteiger partial charge in [-0.3, -0.25) is 0 Å². The van der Waals surface area contributed by atoms with E-state index in [9.17, 15) is 8.42 Å². The maximum atomic E-state index is 11.4. The number of benzene rings is 1. The first-order chi connectivity index (χ1) is 9.53. The van der Waals surface area contributed by atoms with Crippen LogP contribution in [0.4, 0.5) is 5.69 Å². The maximum absolute atomic E-state index is 11.4. The van der Waals surface area contributed by atoms with E-state index in [-0.39, 0.29) is 17.5 Å². The van der Waals surface area contributed by atoms with Crippen LogP contribution in [0.25, 0.3) is 5.69 Å². The van der Waals surface area contributed by atoms with E-state index in [2.05, 4.69) is 20.8 Å². The molecule has 1 N–H and O–H groups in total. The molecule has 1 aromatic carbocycles. The predicted molar refractivity (Wildman–Crippen MR) is 74.6 cm³/mol. The molecule has 8 heteroatoms. The van der Waals surface area contributed by atoms with Crippen LogP contribution in [0.3, 0.4) is 0 Å². The van der Waals surface area contributed by atoms with E-state index < -0.39 is 9.84 Å². The number of aromatic nitrogens is 4. The summed E-state index contributed by atoms with van der Waals surface area (Å²) in [5.41, 5.74) is 2.84. The van der Waals surface area contributed by atoms with E-state index in [1.54, 1.807) is 11.0 Å². The summed E-state index contributed by atoms with van der Waals surface area (Å²) in [7, 11) is -2.86. The van der Waals surface area contributed by atoms with Gasteiger partial charge in [-0.05, 0) is 47.5 Å². The molecule has 1 atom stereocenters. The minimum Gasteiger partial charge on any atom is -0.381 e. The molecule has 0 radical (unpaired) electrons. The highest BCUT2D eigenvalue weighted by Crippen LogP contribution is 2.21. The molecule has 2 heterocycles. The van der Waals surface area contributed by atoms with Crippen LogP contribution in [-0.4, -0.2) is 46.2 Å². The summed E-state index contributed by atoms with van der Waals surface area (Å²) >= 11 is 0. The van der Waals surface area contributed by atoms with Gasteiger partial charge in [-0.1, -0.05) is 0 Å². The van der Waals surface area contributed by atoms with Crippen molar-refractivity contribution in [2.45, 2.75) is 19.4 Å². The van der Waals surface area contributed by atoms with Crippen LogP contribution in [0, 0.1) is 6.92 Å². The Kier molecular flexibility index (Phi) is 3.17. The fourth-order valence-corrected chi connectivity index (χ4v) is 4.09. The molecule has 7 nitrogen and oxygen atoms in total. The molecule has 0 aliphatic carbocycles. The number of hydrogen-bond donors (Lipinski definition) is 1. The van der Waals surface area contributed by atoms with Crippen molar-refractivity contribution >= 4 is 15.5 Å². The second kappa shape index (κ2) is 4.86. The molecule has 3 rings (SSSR count). The lowest BCUT2D eigenvalue weighted by Gasteiger charge is -2.14. The summed E-state index contributed by atoms with van der Waals surface area (Å²) < 4.78 is 24.5. The van der Waals surface area contributed by atoms with Crippen LogP contribution in [0.1, 0.15) is 12.0 Å². The van der Waals surface area contributed by atoms with E-state index in [0.29, 0.717) is 6.42 Å². The SMILES string of the molecule is Cc1cc(NC2CCS(=O)(=O)C2)ccc1-n1cnnn1. The Hall–Kier alpha value is -1.96. The summed E-state index contributed by atoms with van der Waals surface area (Å²) in [4.78, 5) is 0. The molecular weight excluding hydrogens is 278 g/mol. The minimum absolute atomic E-state index is 0.00159. The molecule has 20 heavy (non-hydrogen) atoms. The molecule has 0 amide bonds. The van der Waals surface area contributed by atoms with Crippen molar-refractivity contribution in [3.05, 3.63) is 30.1 Å². The predicted octanol–water partition coefficient (Wildman–Crippen LogP) is 0.570. The third kappa shape index (κ3) is 2.64. The number of rotatable bonds is 3. The normalized spacial score (nSPS) is 20.9. The van der Waals surface area contributed by atoms with Crippen LogP contribution in [-0.2, 0) is 9.84 Å². The third-order valence-electron chi connectivity index (χ3n) is 3.40. The van der Waals surface area contributed by atoms with Crippen LogP contribution in [0.5, 0.6) is 0 Å². The molecule has 106 valence electrons. The smallest absolute Gasteiger partial charge is 0.152 e. The fourth-order valence-electron chi connectivity index (χ4n) is 2.42. The van der Waals surface area contributed by atoms with Gasteiger partial charge in [0, 0.05) is 11.7 Å². The Balaban J connectivity index is 1.78. The maximum Gasteiger partial charge on any atom is 0.152 e. The summed E-state index contributed by atoms with van der Waals surface area (Å²) in [5, 5.41) is 14.3. The molecule has 1 aromatic heterocycles. The quantitative estimate of drug-likeness (QED) is 0.890. The number of anilines is 1. The van der Waals surface area contributed by atoms with Gasteiger partial charge in [0.2, 0.25) is 0 Å². The van der Waals surface area contributed by atoms with Gasteiger partial charge in [0.05, 0.1) is 17.2 Å². The number of tetrazole rings is 1. The number of nitrogens with zero attached hydrogens (tertiary/aromatic N) is 4. The summed E-state index contributed by atoms with van der Waals surface area (Å²) in [6, 6.07) is 5.80. The van der Waals surface area contributed by atoms with Gasteiger partial charge in [-0.2, -0.15) is 0 Å². The Morgan fingerprint density at radius 1 is 1.40 bits per heavy atom. The molecule has 1 aliphatic rings. The Morgan fingerprint density at radius 2 is 2.25 bits per heavy atom. The van der Waals surface area contributed by atoms with Gasteiger partial charge >= 0.3 is 0 Å².